The van der Waals surface area contributed by atoms with Gasteiger partial charge in [0.15, 0.2) is 5.69 Å². The Balaban J connectivity index is 1.63. The third kappa shape index (κ3) is 2.81. The lowest BCUT2D eigenvalue weighted by atomic mass is 10.00. The van der Waals surface area contributed by atoms with Crippen molar-refractivity contribution in [2.24, 2.45) is 0 Å². The molecule has 0 fully saturated rings. The summed E-state index contributed by atoms with van der Waals surface area (Å²) < 4.78 is 3.71. The van der Waals surface area contributed by atoms with Gasteiger partial charge in [0.05, 0.1) is 5.52 Å². The van der Waals surface area contributed by atoms with E-state index in [0.29, 0.717) is 12.2 Å². The molecule has 0 saturated heterocycles. The molecule has 0 atom stereocenters. The van der Waals surface area contributed by atoms with Gasteiger partial charge in [-0.2, -0.15) is 5.10 Å². The van der Waals surface area contributed by atoms with E-state index < -0.39 is 0 Å². The first-order chi connectivity index (χ1) is 11.1. The van der Waals surface area contributed by atoms with Crippen LogP contribution in [0.5, 0.6) is 0 Å². The number of pyridine rings is 1. The van der Waals surface area contributed by atoms with Gasteiger partial charge in [0, 0.05) is 28.2 Å². The van der Waals surface area contributed by atoms with Crippen molar-refractivity contribution in [3.05, 3.63) is 68.4 Å². The van der Waals surface area contributed by atoms with Gasteiger partial charge in [0.25, 0.3) is 5.91 Å². The van der Waals surface area contributed by atoms with Gasteiger partial charge in [0.1, 0.15) is 0 Å². The molecule has 6 heteroatoms. The van der Waals surface area contributed by atoms with Crippen LogP contribution in [-0.2, 0) is 13.0 Å². The Kier molecular flexibility index (Phi) is 3.73. The summed E-state index contributed by atoms with van der Waals surface area (Å²) in [4.78, 5) is 14.6. The normalized spacial score (nSPS) is 14.1. The first-order valence-electron chi connectivity index (χ1n) is 7.32. The molecule has 4 rings (SSSR count). The number of halogens is 2. The first kappa shape index (κ1) is 14.9. The van der Waals surface area contributed by atoms with Crippen molar-refractivity contribution in [3.63, 3.8) is 0 Å². The van der Waals surface area contributed by atoms with E-state index in [9.17, 15) is 4.79 Å². The first-order valence-corrected chi connectivity index (χ1v) is 8.90. The maximum Gasteiger partial charge on any atom is 0.274 e. The fraction of sp³-hybridized carbons (Fsp3) is 0.176. The van der Waals surface area contributed by atoms with Crippen molar-refractivity contribution < 1.29 is 4.79 Å². The molecule has 1 aliphatic heterocycles. The van der Waals surface area contributed by atoms with Crippen LogP contribution in [0.25, 0.3) is 5.52 Å². The quantitative estimate of drug-likeness (QED) is 0.579. The Morgan fingerprint density at radius 2 is 1.87 bits per heavy atom. The van der Waals surface area contributed by atoms with Crippen LogP contribution < -0.4 is 0 Å². The van der Waals surface area contributed by atoms with Gasteiger partial charge in [-0.1, -0.05) is 22.0 Å². The van der Waals surface area contributed by atoms with Crippen LogP contribution in [-0.4, -0.2) is 27.0 Å². The molecule has 1 aromatic carbocycles. The lowest BCUT2D eigenvalue weighted by Crippen LogP contribution is -2.36. The van der Waals surface area contributed by atoms with Crippen molar-refractivity contribution in [1.29, 1.82) is 0 Å². The van der Waals surface area contributed by atoms with Crippen LogP contribution in [0.15, 0.2) is 51.5 Å². The number of carbonyl (C=O) groups excluding carboxylic acids is 1. The highest BCUT2D eigenvalue weighted by atomic mass is 79.9. The summed E-state index contributed by atoms with van der Waals surface area (Å²) in [5, 5.41) is 4.41. The summed E-state index contributed by atoms with van der Waals surface area (Å²) in [6.45, 7) is 1.36. The number of hydrogen-bond donors (Lipinski definition) is 0. The van der Waals surface area contributed by atoms with Gasteiger partial charge in [-0.3, -0.25) is 4.79 Å². The molecule has 0 radical (unpaired) electrons. The number of amides is 1. The average molecular weight is 435 g/mol. The maximum absolute atomic E-state index is 12.8. The van der Waals surface area contributed by atoms with Crippen molar-refractivity contribution in [2.45, 2.75) is 13.0 Å². The summed E-state index contributed by atoms with van der Waals surface area (Å²) >= 11 is 6.92. The molecule has 3 heterocycles. The van der Waals surface area contributed by atoms with Crippen molar-refractivity contribution in [3.8, 4) is 0 Å². The van der Waals surface area contributed by atoms with E-state index in [4.69, 9.17) is 0 Å². The molecule has 3 aromatic rings. The third-order valence-electron chi connectivity index (χ3n) is 4.11. The van der Waals surface area contributed by atoms with Crippen LogP contribution in [0.4, 0.5) is 0 Å². The van der Waals surface area contributed by atoms with Crippen LogP contribution in [0, 0.1) is 0 Å². The Labute approximate surface area is 150 Å². The number of nitrogens with zero attached hydrogens (tertiary/aromatic N) is 3. The molecule has 1 amide bonds. The second kappa shape index (κ2) is 5.76. The minimum atomic E-state index is -0.0181. The summed E-state index contributed by atoms with van der Waals surface area (Å²) in [5.41, 5.74) is 3.92. The number of fused-ring (bicyclic) bond motifs is 2. The molecular formula is C17H13Br2N3O. The summed E-state index contributed by atoms with van der Waals surface area (Å²) in [5.74, 6) is -0.0181. The molecule has 0 spiro atoms. The second-order valence-corrected chi connectivity index (χ2v) is 7.47. The largest absolute Gasteiger partial charge is 0.333 e. The van der Waals surface area contributed by atoms with Gasteiger partial charge in [-0.25, -0.2) is 4.52 Å². The minimum Gasteiger partial charge on any atom is -0.333 e. The van der Waals surface area contributed by atoms with Gasteiger partial charge in [-0.15, -0.1) is 0 Å². The average Bonchev–Trinajstić information content (AvgIpc) is 2.96. The number of aromatic nitrogens is 2. The Morgan fingerprint density at radius 3 is 2.74 bits per heavy atom. The van der Waals surface area contributed by atoms with Crippen LogP contribution in [0.2, 0.25) is 0 Å². The zero-order valence-corrected chi connectivity index (χ0v) is 15.3. The molecule has 0 N–H and O–H groups in total. The number of benzene rings is 1. The summed E-state index contributed by atoms with van der Waals surface area (Å²) in [6, 6.07) is 12.0. The zero-order valence-electron chi connectivity index (χ0n) is 12.2. The van der Waals surface area contributed by atoms with E-state index in [0.717, 1.165) is 27.4 Å². The predicted molar refractivity (Wildman–Crippen MR) is 95.5 cm³/mol. The van der Waals surface area contributed by atoms with Crippen LogP contribution >= 0.6 is 31.9 Å². The molecule has 0 unspecified atom stereocenters. The number of hydrogen-bond acceptors (Lipinski definition) is 2. The van der Waals surface area contributed by atoms with E-state index >= 15 is 0 Å². The van der Waals surface area contributed by atoms with E-state index in [1.807, 2.05) is 29.3 Å². The third-order valence-corrected chi connectivity index (χ3v) is 5.07. The minimum absolute atomic E-state index is 0.0181. The van der Waals surface area contributed by atoms with E-state index in [1.165, 1.54) is 11.1 Å². The maximum atomic E-state index is 12.8. The number of carbonyl (C=O) groups is 1. The second-order valence-electron chi connectivity index (χ2n) is 5.64. The van der Waals surface area contributed by atoms with Gasteiger partial charge in [-0.05, 0) is 63.8 Å². The zero-order chi connectivity index (χ0) is 16.0. The van der Waals surface area contributed by atoms with Gasteiger partial charge < -0.3 is 4.90 Å². The van der Waals surface area contributed by atoms with Crippen LogP contribution in [0.1, 0.15) is 21.6 Å². The fourth-order valence-electron chi connectivity index (χ4n) is 2.93. The SMILES string of the molecule is O=C(c1cc2ccc(Br)cn2n1)N1CCc2ccc(Br)cc2C1. The lowest BCUT2D eigenvalue weighted by Gasteiger charge is -2.28. The molecule has 4 nitrogen and oxygen atoms in total. The highest BCUT2D eigenvalue weighted by molar-refractivity contribution is 9.10. The summed E-state index contributed by atoms with van der Waals surface area (Å²) in [7, 11) is 0. The highest BCUT2D eigenvalue weighted by Crippen LogP contribution is 2.24. The Morgan fingerprint density at radius 1 is 1.04 bits per heavy atom. The van der Waals surface area contributed by atoms with E-state index in [-0.39, 0.29) is 5.91 Å². The van der Waals surface area contributed by atoms with Crippen molar-refractivity contribution >= 4 is 43.3 Å². The smallest absolute Gasteiger partial charge is 0.274 e. The topological polar surface area (TPSA) is 37.6 Å². The Bertz CT molecular complexity index is 919. The highest BCUT2D eigenvalue weighted by Gasteiger charge is 2.23. The predicted octanol–water partition coefficient (Wildman–Crippen LogP) is 4.06. The molecule has 1 aliphatic rings. The molecular weight excluding hydrogens is 422 g/mol. The monoisotopic (exact) mass is 433 g/mol. The molecule has 2 aromatic heterocycles. The molecule has 116 valence electrons. The van der Waals surface area contributed by atoms with Gasteiger partial charge in [0.2, 0.25) is 0 Å². The van der Waals surface area contributed by atoms with Crippen molar-refractivity contribution in [2.75, 3.05) is 6.54 Å². The van der Waals surface area contributed by atoms with Crippen molar-refractivity contribution in [1.82, 2.24) is 14.5 Å². The molecule has 0 saturated carbocycles. The van der Waals surface area contributed by atoms with E-state index in [2.05, 4.69) is 55.2 Å². The molecule has 0 bridgehead atoms. The Hall–Kier alpha value is -1.66. The van der Waals surface area contributed by atoms with Gasteiger partial charge >= 0.3 is 0 Å². The lowest BCUT2D eigenvalue weighted by molar-refractivity contribution is 0.0728. The molecule has 23 heavy (non-hydrogen) atoms. The van der Waals surface area contributed by atoms with Crippen LogP contribution in [0.3, 0.4) is 0 Å². The summed E-state index contributed by atoms with van der Waals surface area (Å²) in [6.07, 6.45) is 2.74. The fourth-order valence-corrected chi connectivity index (χ4v) is 3.66. The molecule has 0 aliphatic carbocycles. The van der Waals surface area contributed by atoms with E-state index in [1.54, 1.807) is 4.52 Å². The standard InChI is InChI=1S/C17H13Br2N3O/c18-13-2-1-11-5-6-21(9-12(11)7-13)17(23)16-8-15-4-3-14(19)10-22(15)20-16/h1-4,7-8,10H,5-6,9H2. The number of rotatable bonds is 1.